The second-order valence-electron chi connectivity index (χ2n) is 6.63. The van der Waals surface area contributed by atoms with E-state index >= 15 is 0 Å². The van der Waals surface area contributed by atoms with Crippen LogP contribution in [0.2, 0.25) is 0 Å². The summed E-state index contributed by atoms with van der Waals surface area (Å²) in [5.74, 6) is 0.758. The average Bonchev–Trinajstić information content (AvgIpc) is 3.18. The number of fused-ring (bicyclic) bond motifs is 2. The van der Waals surface area contributed by atoms with Gasteiger partial charge in [-0.3, -0.25) is 0 Å². The van der Waals surface area contributed by atoms with Gasteiger partial charge in [0.2, 0.25) is 0 Å². The molecular weight excluding hydrogens is 306 g/mol. The molecule has 3 aromatic heterocycles. The maximum absolute atomic E-state index is 4.72. The van der Waals surface area contributed by atoms with Crippen molar-refractivity contribution in [2.45, 2.75) is 32.9 Å². The molecule has 0 saturated carbocycles. The van der Waals surface area contributed by atoms with Gasteiger partial charge in [0.15, 0.2) is 5.65 Å². The number of nitrogens with one attached hydrogen (secondary N) is 1. The lowest BCUT2D eigenvalue weighted by Crippen LogP contribution is -2.23. The third-order valence-electron chi connectivity index (χ3n) is 3.78. The quantitative estimate of drug-likeness (QED) is 0.619. The number of anilines is 1. The van der Waals surface area contributed by atoms with Crippen LogP contribution in [0.4, 0.5) is 5.82 Å². The van der Waals surface area contributed by atoms with Gasteiger partial charge >= 0.3 is 0 Å². The minimum absolute atomic E-state index is 0.141. The van der Waals surface area contributed by atoms with E-state index in [0.29, 0.717) is 6.54 Å². The Morgan fingerprint density at radius 2 is 1.96 bits per heavy atom. The van der Waals surface area contributed by atoms with Crippen LogP contribution in [0.3, 0.4) is 0 Å². The second-order valence-corrected chi connectivity index (χ2v) is 6.63. The molecule has 1 aromatic carbocycles. The van der Waals surface area contributed by atoms with E-state index in [1.54, 1.807) is 12.5 Å². The summed E-state index contributed by atoms with van der Waals surface area (Å²) < 4.78 is 6.63. The van der Waals surface area contributed by atoms with Crippen LogP contribution in [0.1, 0.15) is 26.3 Å². The van der Waals surface area contributed by atoms with Crippen molar-refractivity contribution < 1.29 is 4.63 Å². The summed E-state index contributed by atoms with van der Waals surface area (Å²) in [4.78, 5) is 8.72. The van der Waals surface area contributed by atoms with E-state index in [-0.39, 0.29) is 5.54 Å². The minimum Gasteiger partial charge on any atom is -0.365 e. The van der Waals surface area contributed by atoms with Crippen molar-refractivity contribution in [2.75, 3.05) is 5.32 Å². The van der Waals surface area contributed by atoms with E-state index in [9.17, 15) is 0 Å². The Balaban J connectivity index is 1.63. The molecule has 0 atom stereocenters. The fourth-order valence-electron chi connectivity index (χ4n) is 2.60. The fourth-order valence-corrected chi connectivity index (χ4v) is 2.60. The van der Waals surface area contributed by atoms with Crippen molar-refractivity contribution in [3.63, 3.8) is 0 Å². The molecule has 4 aromatic rings. The number of hydrogen-bond donors (Lipinski definition) is 1. The second kappa shape index (κ2) is 5.26. The minimum atomic E-state index is -0.141. The highest BCUT2D eigenvalue weighted by atomic mass is 16.6. The Labute approximate surface area is 137 Å². The average molecular weight is 323 g/mol. The van der Waals surface area contributed by atoms with E-state index < -0.39 is 0 Å². The molecule has 3 heterocycles. The molecule has 0 fully saturated rings. The van der Waals surface area contributed by atoms with Crippen LogP contribution in [0, 0.1) is 0 Å². The predicted molar refractivity (Wildman–Crippen MR) is 89.4 cm³/mol. The first kappa shape index (κ1) is 14.6. The van der Waals surface area contributed by atoms with Crippen molar-refractivity contribution in [3.8, 4) is 0 Å². The molecule has 0 aliphatic heterocycles. The van der Waals surface area contributed by atoms with Crippen LogP contribution in [-0.4, -0.2) is 30.1 Å². The Kier molecular flexibility index (Phi) is 3.19. The zero-order valence-electron chi connectivity index (χ0n) is 13.7. The van der Waals surface area contributed by atoms with Gasteiger partial charge in [-0.05, 0) is 48.8 Å². The molecule has 0 unspecified atom stereocenters. The zero-order chi connectivity index (χ0) is 16.7. The van der Waals surface area contributed by atoms with Gasteiger partial charge in [0, 0.05) is 6.54 Å². The van der Waals surface area contributed by atoms with Crippen molar-refractivity contribution in [1.29, 1.82) is 0 Å². The Bertz CT molecular complexity index is 1010. The number of aromatic nitrogens is 6. The van der Waals surface area contributed by atoms with E-state index in [0.717, 1.165) is 33.4 Å². The van der Waals surface area contributed by atoms with Crippen LogP contribution in [0.5, 0.6) is 0 Å². The lowest BCUT2D eigenvalue weighted by atomic mass is 10.1. The van der Waals surface area contributed by atoms with Gasteiger partial charge < -0.3 is 5.32 Å². The third-order valence-corrected chi connectivity index (χ3v) is 3.78. The number of hydrogen-bond acceptors (Lipinski definition) is 7. The maximum atomic E-state index is 4.72. The van der Waals surface area contributed by atoms with E-state index in [2.05, 4.69) is 51.5 Å². The summed E-state index contributed by atoms with van der Waals surface area (Å²) in [7, 11) is 0. The standard InChI is InChI=1S/C16H17N7O/c1-16(2,3)23-15-11(8-20-23)14(18-9-19-15)17-7-10-4-5-12-13(6-10)22-24-21-12/h4-6,8-9H,7H2,1-3H3,(H,17,18,19). The molecule has 8 heteroatoms. The molecule has 0 amide bonds. The predicted octanol–water partition coefficient (Wildman–Crippen LogP) is 2.73. The zero-order valence-corrected chi connectivity index (χ0v) is 13.7. The van der Waals surface area contributed by atoms with Crippen LogP contribution in [0.25, 0.3) is 22.1 Å². The molecule has 1 N–H and O–H groups in total. The lowest BCUT2D eigenvalue weighted by molar-refractivity contribution is 0.315. The largest absolute Gasteiger partial charge is 0.365 e. The molecule has 0 bridgehead atoms. The van der Waals surface area contributed by atoms with Gasteiger partial charge in [-0.1, -0.05) is 6.07 Å². The number of rotatable bonds is 3. The van der Waals surface area contributed by atoms with Gasteiger partial charge in [0.05, 0.1) is 17.1 Å². The lowest BCUT2D eigenvalue weighted by Gasteiger charge is -2.19. The van der Waals surface area contributed by atoms with Gasteiger partial charge in [0.25, 0.3) is 0 Å². The highest BCUT2D eigenvalue weighted by Gasteiger charge is 2.19. The topological polar surface area (TPSA) is 94.6 Å². The normalized spacial score (nSPS) is 12.1. The molecule has 122 valence electrons. The summed E-state index contributed by atoms with van der Waals surface area (Å²) in [5.41, 5.74) is 3.22. The van der Waals surface area contributed by atoms with E-state index in [4.69, 9.17) is 4.63 Å². The SMILES string of the molecule is CC(C)(C)n1ncc2c(NCc3ccc4nonc4c3)ncnc21. The van der Waals surface area contributed by atoms with Crippen molar-refractivity contribution in [1.82, 2.24) is 30.1 Å². The fraction of sp³-hybridized carbons (Fsp3) is 0.312. The molecule has 0 saturated heterocycles. The van der Waals surface area contributed by atoms with E-state index in [1.165, 1.54) is 0 Å². The summed E-state index contributed by atoms with van der Waals surface area (Å²) in [6.07, 6.45) is 3.35. The smallest absolute Gasteiger partial charge is 0.163 e. The summed E-state index contributed by atoms with van der Waals surface area (Å²) in [5, 5.41) is 16.4. The maximum Gasteiger partial charge on any atom is 0.163 e. The first-order valence-electron chi connectivity index (χ1n) is 7.67. The van der Waals surface area contributed by atoms with Crippen LogP contribution < -0.4 is 5.32 Å². The molecule has 4 rings (SSSR count). The first-order chi connectivity index (χ1) is 11.5. The van der Waals surface area contributed by atoms with Crippen LogP contribution in [-0.2, 0) is 12.1 Å². The molecule has 24 heavy (non-hydrogen) atoms. The van der Waals surface area contributed by atoms with Gasteiger partial charge in [-0.25, -0.2) is 19.3 Å². The molecule has 0 aliphatic rings. The van der Waals surface area contributed by atoms with Gasteiger partial charge in [-0.15, -0.1) is 0 Å². The first-order valence-corrected chi connectivity index (χ1v) is 7.67. The van der Waals surface area contributed by atoms with Crippen LogP contribution in [0.15, 0.2) is 35.4 Å². The summed E-state index contributed by atoms with van der Waals surface area (Å²) in [6.45, 7) is 6.89. The van der Waals surface area contributed by atoms with Gasteiger partial charge in [0.1, 0.15) is 23.2 Å². The highest BCUT2D eigenvalue weighted by Crippen LogP contribution is 2.24. The van der Waals surface area contributed by atoms with E-state index in [1.807, 2.05) is 22.9 Å². The van der Waals surface area contributed by atoms with Crippen molar-refractivity contribution in [2.24, 2.45) is 0 Å². The molecule has 8 nitrogen and oxygen atoms in total. The van der Waals surface area contributed by atoms with Gasteiger partial charge in [-0.2, -0.15) is 5.10 Å². The Morgan fingerprint density at radius 1 is 1.12 bits per heavy atom. The molecule has 0 spiro atoms. The molecular formula is C16H17N7O. The monoisotopic (exact) mass is 323 g/mol. The summed E-state index contributed by atoms with van der Waals surface area (Å²) in [6, 6.07) is 5.81. The third kappa shape index (κ3) is 2.45. The van der Waals surface area contributed by atoms with Crippen molar-refractivity contribution >= 4 is 27.9 Å². The molecule has 0 radical (unpaired) electrons. The number of nitrogens with zero attached hydrogens (tertiary/aromatic N) is 6. The highest BCUT2D eigenvalue weighted by molar-refractivity contribution is 5.86. The van der Waals surface area contributed by atoms with Crippen molar-refractivity contribution in [3.05, 3.63) is 36.3 Å². The summed E-state index contributed by atoms with van der Waals surface area (Å²) >= 11 is 0. The number of benzene rings is 1. The Hall–Kier alpha value is -3.03. The Morgan fingerprint density at radius 3 is 2.79 bits per heavy atom. The van der Waals surface area contributed by atoms with Crippen LogP contribution >= 0.6 is 0 Å². The molecule has 0 aliphatic carbocycles.